The summed E-state index contributed by atoms with van der Waals surface area (Å²) in [5, 5.41) is 6.18. The minimum Gasteiger partial charge on any atom is -0.456 e. The van der Waals surface area contributed by atoms with E-state index in [2.05, 4.69) is 15.3 Å². The van der Waals surface area contributed by atoms with Gasteiger partial charge in [-0.1, -0.05) is 35.5 Å². The molecule has 1 unspecified atom stereocenters. The smallest absolute Gasteiger partial charge is 0.338 e. The van der Waals surface area contributed by atoms with Crippen LogP contribution in [0.5, 0.6) is 0 Å². The number of rotatable bonds is 6. The second kappa shape index (κ2) is 10.3. The Balaban J connectivity index is 1.62. The van der Waals surface area contributed by atoms with E-state index in [9.17, 15) is 9.59 Å². The van der Waals surface area contributed by atoms with E-state index in [1.807, 2.05) is 62.3 Å². The Bertz CT molecular complexity index is 1220. The third-order valence-electron chi connectivity index (χ3n) is 5.39. The number of aliphatic imine (C=N–C) groups is 1. The van der Waals surface area contributed by atoms with Crippen LogP contribution in [0.2, 0.25) is 5.02 Å². The Morgan fingerprint density at radius 3 is 2.49 bits per heavy atom. The average molecular weight is 511 g/mol. The van der Waals surface area contributed by atoms with Crippen molar-refractivity contribution in [1.82, 2.24) is 15.2 Å². The first-order chi connectivity index (χ1) is 16.6. The molecule has 1 atom stereocenters. The number of allylic oxidation sites excluding steroid dienone is 1. The van der Waals surface area contributed by atoms with Crippen molar-refractivity contribution in [2.75, 3.05) is 0 Å². The second-order valence-corrected chi connectivity index (χ2v) is 10.5. The van der Waals surface area contributed by atoms with E-state index in [0.29, 0.717) is 28.0 Å². The number of benzene rings is 1. The molecule has 1 N–H and O–H groups in total. The predicted octanol–water partition coefficient (Wildman–Crippen LogP) is 5.36. The maximum atomic E-state index is 13.3. The zero-order chi connectivity index (χ0) is 25.2. The van der Waals surface area contributed by atoms with Gasteiger partial charge in [0.25, 0.3) is 0 Å². The third-order valence-corrected chi connectivity index (χ3v) is 6.53. The molecule has 2 aliphatic rings. The van der Waals surface area contributed by atoms with Crippen LogP contribution in [0.1, 0.15) is 51.3 Å². The molecular formula is C26H27ClN4O3S. The Kier molecular flexibility index (Phi) is 7.33. The molecule has 1 aromatic carbocycles. The van der Waals surface area contributed by atoms with E-state index in [0.717, 1.165) is 16.8 Å². The fourth-order valence-corrected chi connectivity index (χ4v) is 4.94. The van der Waals surface area contributed by atoms with Gasteiger partial charge in [-0.25, -0.2) is 9.79 Å². The quantitative estimate of drug-likeness (QED) is 0.527. The number of hydrogen-bond donors (Lipinski definition) is 1. The van der Waals surface area contributed by atoms with Gasteiger partial charge in [-0.15, -0.1) is 0 Å². The first-order valence-corrected chi connectivity index (χ1v) is 12.5. The second-order valence-electron chi connectivity index (χ2n) is 9.26. The molecule has 0 aliphatic carbocycles. The van der Waals surface area contributed by atoms with Crippen molar-refractivity contribution in [3.63, 3.8) is 0 Å². The Morgan fingerprint density at radius 2 is 1.83 bits per heavy atom. The number of nitrogens with zero attached hydrogens (tertiary/aromatic N) is 3. The molecule has 1 aromatic heterocycles. The average Bonchev–Trinajstić information content (AvgIpc) is 3.18. The third kappa shape index (κ3) is 5.94. The van der Waals surface area contributed by atoms with Gasteiger partial charge in [-0.05, 0) is 68.5 Å². The molecule has 0 bridgehead atoms. The molecule has 2 aromatic rings. The summed E-state index contributed by atoms with van der Waals surface area (Å²) in [4.78, 5) is 36.8. The Morgan fingerprint density at radius 1 is 1.14 bits per heavy atom. The molecule has 1 amide bonds. The number of ether oxygens (including phenoxy) is 1. The van der Waals surface area contributed by atoms with Gasteiger partial charge in [0, 0.05) is 29.7 Å². The lowest BCUT2D eigenvalue weighted by Crippen LogP contribution is -2.39. The van der Waals surface area contributed by atoms with Crippen LogP contribution in [0.25, 0.3) is 0 Å². The number of carbonyl (C=O) groups excluding carboxylic acids is 2. The number of amidine groups is 1. The normalized spacial score (nSPS) is 17.5. The number of aromatic nitrogens is 1. The molecule has 0 saturated heterocycles. The molecule has 2 aliphatic heterocycles. The number of thioether (sulfide) groups is 1. The molecule has 4 rings (SSSR count). The lowest BCUT2D eigenvalue weighted by atomic mass is 9.93. The molecule has 35 heavy (non-hydrogen) atoms. The maximum absolute atomic E-state index is 13.3. The lowest BCUT2D eigenvalue weighted by molar-refractivity contribution is -0.150. The molecule has 0 fully saturated rings. The number of hydrogen-bond acceptors (Lipinski definition) is 7. The summed E-state index contributed by atoms with van der Waals surface area (Å²) in [6.07, 6.45) is 3.52. The van der Waals surface area contributed by atoms with Crippen molar-refractivity contribution in [2.24, 2.45) is 4.99 Å². The van der Waals surface area contributed by atoms with Crippen LogP contribution in [-0.4, -0.2) is 32.5 Å². The highest BCUT2D eigenvalue weighted by Crippen LogP contribution is 2.45. The Labute approximate surface area is 214 Å². The maximum Gasteiger partial charge on any atom is 0.338 e. The summed E-state index contributed by atoms with van der Waals surface area (Å²) in [5.41, 5.74) is 2.95. The van der Waals surface area contributed by atoms with E-state index < -0.39 is 17.6 Å². The summed E-state index contributed by atoms with van der Waals surface area (Å²) in [6, 6.07) is 10.6. The van der Waals surface area contributed by atoms with Crippen LogP contribution in [0.4, 0.5) is 0 Å². The van der Waals surface area contributed by atoms with E-state index in [1.165, 1.54) is 11.8 Å². The van der Waals surface area contributed by atoms with E-state index in [-0.39, 0.29) is 12.3 Å². The topological polar surface area (TPSA) is 83.9 Å². The highest BCUT2D eigenvalue weighted by molar-refractivity contribution is 8.16. The predicted molar refractivity (Wildman–Crippen MR) is 138 cm³/mol. The van der Waals surface area contributed by atoms with E-state index in [4.69, 9.17) is 16.3 Å². The zero-order valence-corrected chi connectivity index (χ0v) is 21.6. The number of pyridine rings is 1. The van der Waals surface area contributed by atoms with Crippen LogP contribution in [0, 0.1) is 0 Å². The summed E-state index contributed by atoms with van der Waals surface area (Å²) < 4.78 is 5.75. The van der Waals surface area contributed by atoms with Crippen molar-refractivity contribution in [3.8, 4) is 0 Å². The van der Waals surface area contributed by atoms with Crippen molar-refractivity contribution in [3.05, 3.63) is 87.3 Å². The summed E-state index contributed by atoms with van der Waals surface area (Å²) in [5.74, 6) is -0.564. The summed E-state index contributed by atoms with van der Waals surface area (Å²) in [6.45, 7) is 7.72. The zero-order valence-electron chi connectivity index (χ0n) is 20.0. The number of esters is 1. The number of halogens is 1. The van der Waals surface area contributed by atoms with Gasteiger partial charge >= 0.3 is 5.97 Å². The van der Waals surface area contributed by atoms with Crippen molar-refractivity contribution in [1.29, 1.82) is 0 Å². The number of nitrogens with one attached hydrogen (secondary N) is 1. The molecular weight excluding hydrogens is 484 g/mol. The highest BCUT2D eigenvalue weighted by Gasteiger charge is 2.41. The number of fused-ring (bicyclic) bond motifs is 1. The molecule has 7 nitrogen and oxygen atoms in total. The highest BCUT2D eigenvalue weighted by atomic mass is 35.5. The van der Waals surface area contributed by atoms with Gasteiger partial charge in [0.1, 0.15) is 5.60 Å². The van der Waals surface area contributed by atoms with E-state index in [1.54, 1.807) is 24.5 Å². The van der Waals surface area contributed by atoms with Crippen LogP contribution in [0.3, 0.4) is 0 Å². The molecule has 0 radical (unpaired) electrons. The van der Waals surface area contributed by atoms with Gasteiger partial charge < -0.3 is 15.0 Å². The van der Waals surface area contributed by atoms with Gasteiger partial charge in [-0.2, -0.15) is 0 Å². The molecule has 3 heterocycles. The Hall–Kier alpha value is -3.10. The van der Waals surface area contributed by atoms with Crippen molar-refractivity contribution >= 4 is 40.4 Å². The monoisotopic (exact) mass is 510 g/mol. The summed E-state index contributed by atoms with van der Waals surface area (Å²) >= 11 is 7.58. The SMILES string of the molecule is CC1=C(C(=O)OC(C)(C)C)C(c2ccc(Cl)cc2)N2C(CC(=O)NCc3ccncc3)=CSC2=N1. The van der Waals surface area contributed by atoms with Crippen LogP contribution in [0.15, 0.2) is 76.2 Å². The van der Waals surface area contributed by atoms with Crippen LogP contribution < -0.4 is 5.32 Å². The van der Waals surface area contributed by atoms with Gasteiger partial charge in [-0.3, -0.25) is 9.78 Å². The number of carbonyl (C=O) groups is 2. The van der Waals surface area contributed by atoms with Crippen molar-refractivity contribution < 1.29 is 14.3 Å². The molecule has 0 saturated carbocycles. The van der Waals surface area contributed by atoms with Gasteiger partial charge in [0.15, 0.2) is 5.17 Å². The van der Waals surface area contributed by atoms with Crippen molar-refractivity contribution in [2.45, 2.75) is 52.3 Å². The van der Waals surface area contributed by atoms with Gasteiger partial charge in [0.2, 0.25) is 5.91 Å². The molecule has 182 valence electrons. The molecule has 0 spiro atoms. The molecule has 9 heteroatoms. The van der Waals surface area contributed by atoms with Crippen LogP contribution >= 0.6 is 23.4 Å². The first-order valence-electron chi connectivity index (χ1n) is 11.2. The summed E-state index contributed by atoms with van der Waals surface area (Å²) in [7, 11) is 0. The minimum absolute atomic E-state index is 0.130. The minimum atomic E-state index is -0.663. The fraction of sp³-hybridized carbons (Fsp3) is 0.308. The van der Waals surface area contributed by atoms with Crippen LogP contribution in [-0.2, 0) is 20.9 Å². The largest absolute Gasteiger partial charge is 0.456 e. The standard InChI is InChI=1S/C26H27ClN4O3S/c1-16-22(24(33)34-26(2,3)4)23(18-5-7-19(27)8-6-18)31-20(15-35-25(31)30-16)13-21(32)29-14-17-9-11-28-12-10-17/h5-12,15,23H,13-14H2,1-4H3,(H,29,32). The van der Waals surface area contributed by atoms with E-state index >= 15 is 0 Å². The lowest BCUT2D eigenvalue weighted by Gasteiger charge is -2.37. The first kappa shape index (κ1) is 25.0. The van der Waals surface area contributed by atoms with Gasteiger partial charge in [0.05, 0.1) is 23.7 Å². The number of amides is 1. The fourth-order valence-electron chi connectivity index (χ4n) is 3.85.